The van der Waals surface area contributed by atoms with Crippen LogP contribution >= 0.6 is 0 Å². The summed E-state index contributed by atoms with van der Waals surface area (Å²) >= 11 is 0. The average Bonchev–Trinajstić information content (AvgIpc) is 2.05. The third-order valence-corrected chi connectivity index (χ3v) is 2.78. The van der Waals surface area contributed by atoms with Crippen molar-refractivity contribution in [3.05, 3.63) is 0 Å². The fourth-order valence-corrected chi connectivity index (χ4v) is 1.88. The second-order valence-electron chi connectivity index (χ2n) is 4.04. The van der Waals surface area contributed by atoms with E-state index in [9.17, 15) is 0 Å². The Balaban J connectivity index is 2.36. The third-order valence-electron chi connectivity index (χ3n) is 2.78. The van der Waals surface area contributed by atoms with Gasteiger partial charge in [-0.05, 0) is 31.2 Å². The van der Waals surface area contributed by atoms with Crippen LogP contribution in [0.1, 0.15) is 26.7 Å². The van der Waals surface area contributed by atoms with Gasteiger partial charge in [-0.2, -0.15) is 5.26 Å². The van der Waals surface area contributed by atoms with Gasteiger partial charge in [0.05, 0.1) is 12.6 Å². The summed E-state index contributed by atoms with van der Waals surface area (Å²) < 4.78 is 0. The Morgan fingerprint density at radius 2 is 2.33 bits per heavy atom. The van der Waals surface area contributed by atoms with Crippen molar-refractivity contribution in [1.29, 1.82) is 5.26 Å². The second kappa shape index (κ2) is 4.47. The molecule has 0 aromatic heterocycles. The van der Waals surface area contributed by atoms with Crippen LogP contribution in [0.25, 0.3) is 0 Å². The molecule has 0 aromatic carbocycles. The van der Waals surface area contributed by atoms with Crippen LogP contribution in [0.4, 0.5) is 0 Å². The predicted octanol–water partition coefficient (Wildman–Crippen LogP) is 1.88. The molecule has 0 radical (unpaired) electrons. The lowest BCUT2D eigenvalue weighted by Gasteiger charge is -2.33. The molecule has 1 rings (SSSR count). The van der Waals surface area contributed by atoms with Crippen molar-refractivity contribution in [3.8, 4) is 6.07 Å². The second-order valence-corrected chi connectivity index (χ2v) is 4.04. The molecule has 0 spiro atoms. The summed E-state index contributed by atoms with van der Waals surface area (Å²) in [6.45, 7) is 7.42. The summed E-state index contributed by atoms with van der Waals surface area (Å²) in [6.07, 6.45) is 2.62. The summed E-state index contributed by atoms with van der Waals surface area (Å²) in [6, 6.07) is 2.22. The van der Waals surface area contributed by atoms with Crippen molar-refractivity contribution >= 4 is 0 Å². The standard InChI is InChI=1S/C10H18N2/c1-9(2)10-4-3-6-12(8-10)7-5-11/h9-10H,3-4,6-8H2,1-2H3/t10-/m1/s1. The van der Waals surface area contributed by atoms with Gasteiger partial charge in [0.15, 0.2) is 0 Å². The molecule has 12 heavy (non-hydrogen) atoms. The lowest BCUT2D eigenvalue weighted by molar-refractivity contribution is 0.160. The molecular formula is C10H18N2. The average molecular weight is 166 g/mol. The van der Waals surface area contributed by atoms with Gasteiger partial charge < -0.3 is 0 Å². The van der Waals surface area contributed by atoms with Crippen LogP contribution in [0.15, 0.2) is 0 Å². The van der Waals surface area contributed by atoms with Crippen molar-refractivity contribution in [2.24, 2.45) is 11.8 Å². The summed E-state index contributed by atoms with van der Waals surface area (Å²) in [5.41, 5.74) is 0. The molecule has 0 saturated carbocycles. The van der Waals surface area contributed by atoms with Crippen molar-refractivity contribution in [2.75, 3.05) is 19.6 Å². The van der Waals surface area contributed by atoms with Crippen LogP contribution in [-0.2, 0) is 0 Å². The molecule has 1 aliphatic heterocycles. The van der Waals surface area contributed by atoms with Crippen molar-refractivity contribution < 1.29 is 0 Å². The third kappa shape index (κ3) is 2.49. The minimum absolute atomic E-state index is 0.614. The SMILES string of the molecule is CC(C)[C@@H]1CCCN(CC#N)C1. The largest absolute Gasteiger partial charge is 0.290 e. The monoisotopic (exact) mass is 166 g/mol. The van der Waals surface area contributed by atoms with E-state index in [0.717, 1.165) is 24.9 Å². The summed E-state index contributed by atoms with van der Waals surface area (Å²) in [4.78, 5) is 2.27. The van der Waals surface area contributed by atoms with Gasteiger partial charge in [0.25, 0.3) is 0 Å². The molecule has 1 aliphatic rings. The van der Waals surface area contributed by atoms with Crippen molar-refractivity contribution in [2.45, 2.75) is 26.7 Å². The summed E-state index contributed by atoms with van der Waals surface area (Å²) in [7, 11) is 0. The Bertz CT molecular complexity index is 169. The van der Waals surface area contributed by atoms with Crippen LogP contribution < -0.4 is 0 Å². The number of hydrogen-bond donors (Lipinski definition) is 0. The molecule has 1 saturated heterocycles. The summed E-state index contributed by atoms with van der Waals surface area (Å²) in [5.74, 6) is 1.58. The van der Waals surface area contributed by atoms with E-state index in [2.05, 4.69) is 24.8 Å². The van der Waals surface area contributed by atoms with Gasteiger partial charge in [-0.1, -0.05) is 13.8 Å². The first-order valence-corrected chi connectivity index (χ1v) is 4.83. The predicted molar refractivity (Wildman–Crippen MR) is 49.6 cm³/mol. The van der Waals surface area contributed by atoms with Gasteiger partial charge >= 0.3 is 0 Å². The number of nitriles is 1. The summed E-state index contributed by atoms with van der Waals surface area (Å²) in [5, 5.41) is 8.55. The Morgan fingerprint density at radius 1 is 1.58 bits per heavy atom. The highest BCUT2D eigenvalue weighted by Crippen LogP contribution is 2.22. The van der Waals surface area contributed by atoms with E-state index in [1.807, 2.05) is 0 Å². The van der Waals surface area contributed by atoms with E-state index in [1.165, 1.54) is 12.8 Å². The number of rotatable bonds is 2. The van der Waals surface area contributed by atoms with Gasteiger partial charge in [0, 0.05) is 6.54 Å². The van der Waals surface area contributed by atoms with Crippen LogP contribution in [0, 0.1) is 23.2 Å². The van der Waals surface area contributed by atoms with Crippen LogP contribution in [0.3, 0.4) is 0 Å². The number of hydrogen-bond acceptors (Lipinski definition) is 2. The topological polar surface area (TPSA) is 27.0 Å². The van der Waals surface area contributed by atoms with Crippen LogP contribution in [0.2, 0.25) is 0 Å². The number of nitrogens with zero attached hydrogens (tertiary/aromatic N) is 2. The molecule has 0 bridgehead atoms. The van der Waals surface area contributed by atoms with Crippen LogP contribution in [-0.4, -0.2) is 24.5 Å². The molecule has 0 aromatic rings. The smallest absolute Gasteiger partial charge is 0.0866 e. The molecule has 0 amide bonds. The van der Waals surface area contributed by atoms with Crippen molar-refractivity contribution in [1.82, 2.24) is 4.90 Å². The maximum Gasteiger partial charge on any atom is 0.0866 e. The van der Waals surface area contributed by atoms with E-state index in [0.29, 0.717) is 6.54 Å². The first kappa shape index (κ1) is 9.54. The first-order valence-electron chi connectivity index (χ1n) is 4.83. The highest BCUT2D eigenvalue weighted by molar-refractivity contribution is 4.82. The molecule has 1 fully saturated rings. The number of piperidine rings is 1. The fourth-order valence-electron chi connectivity index (χ4n) is 1.88. The van der Waals surface area contributed by atoms with Gasteiger partial charge in [0.2, 0.25) is 0 Å². The van der Waals surface area contributed by atoms with E-state index in [1.54, 1.807) is 0 Å². The van der Waals surface area contributed by atoms with E-state index >= 15 is 0 Å². The lowest BCUT2D eigenvalue weighted by atomic mass is 9.88. The normalized spacial score (nSPS) is 25.7. The Hall–Kier alpha value is -0.550. The molecule has 1 atom stereocenters. The Morgan fingerprint density at radius 3 is 2.92 bits per heavy atom. The van der Waals surface area contributed by atoms with E-state index in [4.69, 9.17) is 5.26 Å². The highest BCUT2D eigenvalue weighted by Gasteiger charge is 2.21. The fraction of sp³-hybridized carbons (Fsp3) is 0.900. The molecule has 0 N–H and O–H groups in total. The van der Waals surface area contributed by atoms with E-state index in [-0.39, 0.29) is 0 Å². The molecule has 1 heterocycles. The quantitative estimate of drug-likeness (QED) is 0.586. The molecule has 0 unspecified atom stereocenters. The lowest BCUT2D eigenvalue weighted by Crippen LogP contribution is -2.37. The maximum atomic E-state index is 8.55. The molecule has 2 heteroatoms. The minimum atomic E-state index is 0.614. The molecule has 68 valence electrons. The molecular weight excluding hydrogens is 148 g/mol. The van der Waals surface area contributed by atoms with E-state index < -0.39 is 0 Å². The zero-order valence-electron chi connectivity index (χ0n) is 8.08. The van der Waals surface area contributed by atoms with Gasteiger partial charge in [-0.25, -0.2) is 0 Å². The Kier molecular flexibility index (Phi) is 3.55. The van der Waals surface area contributed by atoms with Gasteiger partial charge in [-0.15, -0.1) is 0 Å². The maximum absolute atomic E-state index is 8.55. The zero-order chi connectivity index (χ0) is 8.97. The van der Waals surface area contributed by atoms with Crippen molar-refractivity contribution in [3.63, 3.8) is 0 Å². The Labute approximate surface area is 75.2 Å². The van der Waals surface area contributed by atoms with Gasteiger partial charge in [-0.3, -0.25) is 4.90 Å². The zero-order valence-corrected chi connectivity index (χ0v) is 8.08. The number of likely N-dealkylation sites (tertiary alicyclic amines) is 1. The highest BCUT2D eigenvalue weighted by atomic mass is 15.1. The molecule has 0 aliphatic carbocycles. The minimum Gasteiger partial charge on any atom is -0.290 e. The van der Waals surface area contributed by atoms with Crippen LogP contribution in [0.5, 0.6) is 0 Å². The first-order chi connectivity index (χ1) is 5.74. The van der Waals surface area contributed by atoms with Gasteiger partial charge in [0.1, 0.15) is 0 Å². The molecule has 2 nitrogen and oxygen atoms in total.